The van der Waals surface area contributed by atoms with E-state index in [1.165, 1.54) is 5.56 Å². The first kappa shape index (κ1) is 16.4. The van der Waals surface area contributed by atoms with Crippen molar-refractivity contribution in [2.45, 2.75) is 40.2 Å². The summed E-state index contributed by atoms with van der Waals surface area (Å²) < 4.78 is 0. The van der Waals surface area contributed by atoms with E-state index in [0.717, 1.165) is 17.7 Å². The lowest BCUT2D eigenvalue weighted by Gasteiger charge is -2.29. The molecular formula is C19H23N3O2. The molecule has 1 aromatic carbocycles. The maximum absolute atomic E-state index is 12.5. The molecule has 5 heteroatoms. The summed E-state index contributed by atoms with van der Waals surface area (Å²) in [5.74, 6) is 0.624. The second-order valence-corrected chi connectivity index (χ2v) is 6.55. The van der Waals surface area contributed by atoms with Gasteiger partial charge in [-0.15, -0.1) is 0 Å². The van der Waals surface area contributed by atoms with Gasteiger partial charge in [0.05, 0.1) is 17.8 Å². The normalized spacial score (nSPS) is 13.9. The summed E-state index contributed by atoms with van der Waals surface area (Å²) in [6.07, 6.45) is 1.60. The number of H-pyrrole nitrogens is 1. The Morgan fingerprint density at radius 1 is 1.29 bits per heavy atom. The molecule has 1 aromatic heterocycles. The number of hydrogen-bond acceptors (Lipinski definition) is 3. The Morgan fingerprint density at radius 3 is 2.62 bits per heavy atom. The van der Waals surface area contributed by atoms with Gasteiger partial charge in [-0.2, -0.15) is 0 Å². The number of carbonyl (C=O) groups is 1. The highest BCUT2D eigenvalue weighted by atomic mass is 16.2. The van der Waals surface area contributed by atoms with Gasteiger partial charge in [0, 0.05) is 24.4 Å². The van der Waals surface area contributed by atoms with E-state index in [4.69, 9.17) is 0 Å². The lowest BCUT2D eigenvalue weighted by molar-refractivity contribution is -0.135. The quantitative estimate of drug-likeness (QED) is 0.943. The van der Waals surface area contributed by atoms with Gasteiger partial charge in [0.25, 0.3) is 5.56 Å². The molecule has 0 saturated heterocycles. The minimum Gasteiger partial charge on any atom is -0.337 e. The van der Waals surface area contributed by atoms with Crippen molar-refractivity contribution in [3.8, 4) is 11.4 Å². The second-order valence-electron chi connectivity index (χ2n) is 6.55. The number of rotatable bonds is 3. The molecule has 0 saturated carbocycles. The van der Waals surface area contributed by atoms with Crippen molar-refractivity contribution in [3.05, 3.63) is 51.4 Å². The van der Waals surface area contributed by atoms with Gasteiger partial charge < -0.3 is 9.88 Å². The molecule has 0 atom stereocenters. The largest absolute Gasteiger partial charge is 0.337 e. The third kappa shape index (κ3) is 3.11. The highest BCUT2D eigenvalue weighted by Crippen LogP contribution is 2.20. The molecule has 126 valence electrons. The van der Waals surface area contributed by atoms with E-state index in [9.17, 15) is 9.59 Å². The number of hydrogen-bond donors (Lipinski definition) is 1. The van der Waals surface area contributed by atoms with Crippen LogP contribution in [0, 0.1) is 5.92 Å². The van der Waals surface area contributed by atoms with Crippen molar-refractivity contribution in [1.82, 2.24) is 14.9 Å². The molecule has 24 heavy (non-hydrogen) atoms. The number of aromatic amines is 1. The molecule has 1 aliphatic rings. The average molecular weight is 325 g/mol. The summed E-state index contributed by atoms with van der Waals surface area (Å²) in [6, 6.07) is 8.08. The molecule has 2 aromatic rings. The van der Waals surface area contributed by atoms with Crippen LogP contribution in [0.25, 0.3) is 11.4 Å². The van der Waals surface area contributed by atoms with Crippen LogP contribution in [0.1, 0.15) is 37.6 Å². The topological polar surface area (TPSA) is 66.1 Å². The fraction of sp³-hybridized carbons (Fsp3) is 0.421. The summed E-state index contributed by atoms with van der Waals surface area (Å²) in [7, 11) is 0. The standard InChI is InChI=1S/C19H23N3O2/c1-4-13-5-7-14(8-6-13)17-20-16-9-10-22(19(24)12(2)3)11-15(16)18(23)21-17/h5-8,12H,4,9-11H2,1-3H3,(H,20,21,23). The summed E-state index contributed by atoms with van der Waals surface area (Å²) in [4.78, 5) is 33.9. The molecule has 0 radical (unpaired) electrons. The number of carbonyl (C=O) groups excluding carboxylic acids is 1. The number of aryl methyl sites for hydroxylation is 1. The Balaban J connectivity index is 1.92. The van der Waals surface area contributed by atoms with E-state index < -0.39 is 0 Å². The number of aromatic nitrogens is 2. The van der Waals surface area contributed by atoms with Crippen LogP contribution in [-0.2, 0) is 24.2 Å². The Morgan fingerprint density at radius 2 is 2.00 bits per heavy atom. The van der Waals surface area contributed by atoms with Gasteiger partial charge in [-0.25, -0.2) is 4.98 Å². The van der Waals surface area contributed by atoms with Gasteiger partial charge in [-0.3, -0.25) is 9.59 Å². The molecular weight excluding hydrogens is 302 g/mol. The Kier molecular flexibility index (Phi) is 4.51. The molecule has 0 aliphatic carbocycles. The van der Waals surface area contributed by atoms with Crippen molar-refractivity contribution in [1.29, 1.82) is 0 Å². The fourth-order valence-electron chi connectivity index (χ4n) is 3.01. The van der Waals surface area contributed by atoms with Crippen LogP contribution in [0.15, 0.2) is 29.1 Å². The zero-order valence-corrected chi connectivity index (χ0v) is 14.4. The Bertz CT molecular complexity index is 806. The molecule has 0 bridgehead atoms. The lowest BCUT2D eigenvalue weighted by atomic mass is 10.0. The monoisotopic (exact) mass is 325 g/mol. The summed E-state index contributed by atoms with van der Waals surface area (Å²) >= 11 is 0. The van der Waals surface area contributed by atoms with E-state index >= 15 is 0 Å². The first-order chi connectivity index (χ1) is 11.5. The highest BCUT2D eigenvalue weighted by Gasteiger charge is 2.25. The van der Waals surface area contributed by atoms with Crippen LogP contribution in [0.4, 0.5) is 0 Å². The third-order valence-electron chi connectivity index (χ3n) is 4.51. The van der Waals surface area contributed by atoms with E-state index in [0.29, 0.717) is 30.9 Å². The van der Waals surface area contributed by atoms with Gasteiger partial charge in [-0.05, 0) is 12.0 Å². The molecule has 3 rings (SSSR count). The van der Waals surface area contributed by atoms with Crippen LogP contribution in [-0.4, -0.2) is 27.3 Å². The summed E-state index contributed by atoms with van der Waals surface area (Å²) in [6.45, 7) is 6.84. The predicted molar refractivity (Wildman–Crippen MR) is 93.6 cm³/mol. The van der Waals surface area contributed by atoms with E-state index in [2.05, 4.69) is 29.0 Å². The molecule has 0 spiro atoms. The van der Waals surface area contributed by atoms with Crippen molar-refractivity contribution >= 4 is 5.91 Å². The molecule has 1 amide bonds. The highest BCUT2D eigenvalue weighted by molar-refractivity contribution is 5.78. The van der Waals surface area contributed by atoms with Gasteiger partial charge in [0.1, 0.15) is 5.82 Å². The SMILES string of the molecule is CCc1ccc(-c2nc3c(c(=O)[nH]2)CN(C(=O)C(C)C)CC3)cc1. The molecule has 0 fully saturated rings. The maximum atomic E-state index is 12.5. The zero-order chi connectivity index (χ0) is 17.3. The number of amides is 1. The van der Waals surface area contributed by atoms with Crippen LogP contribution in [0.3, 0.4) is 0 Å². The first-order valence-corrected chi connectivity index (χ1v) is 8.49. The Labute approximate surface area is 141 Å². The number of benzene rings is 1. The van der Waals surface area contributed by atoms with Gasteiger partial charge >= 0.3 is 0 Å². The van der Waals surface area contributed by atoms with Crippen molar-refractivity contribution in [3.63, 3.8) is 0 Å². The third-order valence-corrected chi connectivity index (χ3v) is 4.51. The fourth-order valence-corrected chi connectivity index (χ4v) is 3.01. The smallest absolute Gasteiger partial charge is 0.256 e. The predicted octanol–water partition coefficient (Wildman–Crippen LogP) is 2.54. The minimum absolute atomic E-state index is 0.0602. The van der Waals surface area contributed by atoms with Crippen LogP contribution in [0.5, 0.6) is 0 Å². The molecule has 1 N–H and O–H groups in total. The second kappa shape index (κ2) is 6.59. The Hall–Kier alpha value is -2.43. The summed E-state index contributed by atoms with van der Waals surface area (Å²) in [5, 5.41) is 0. The first-order valence-electron chi connectivity index (χ1n) is 8.49. The van der Waals surface area contributed by atoms with Crippen molar-refractivity contribution < 1.29 is 4.79 Å². The average Bonchev–Trinajstić information content (AvgIpc) is 2.60. The number of nitrogens with zero attached hydrogens (tertiary/aromatic N) is 2. The molecule has 0 unspecified atom stereocenters. The number of fused-ring (bicyclic) bond motifs is 1. The van der Waals surface area contributed by atoms with E-state index in [1.807, 2.05) is 26.0 Å². The van der Waals surface area contributed by atoms with Gasteiger partial charge in [-0.1, -0.05) is 45.0 Å². The van der Waals surface area contributed by atoms with Crippen LogP contribution < -0.4 is 5.56 Å². The zero-order valence-electron chi connectivity index (χ0n) is 14.4. The van der Waals surface area contributed by atoms with Crippen molar-refractivity contribution in [2.75, 3.05) is 6.54 Å². The summed E-state index contributed by atoms with van der Waals surface area (Å²) in [5.41, 5.74) is 3.44. The van der Waals surface area contributed by atoms with Crippen LogP contribution >= 0.6 is 0 Å². The molecule has 2 heterocycles. The molecule has 1 aliphatic heterocycles. The van der Waals surface area contributed by atoms with Crippen LogP contribution in [0.2, 0.25) is 0 Å². The van der Waals surface area contributed by atoms with Gasteiger partial charge in [0.15, 0.2) is 0 Å². The number of nitrogens with one attached hydrogen (secondary N) is 1. The maximum Gasteiger partial charge on any atom is 0.256 e. The molecule has 5 nitrogen and oxygen atoms in total. The minimum atomic E-state index is -0.143. The lowest BCUT2D eigenvalue weighted by Crippen LogP contribution is -2.41. The van der Waals surface area contributed by atoms with E-state index in [-0.39, 0.29) is 17.4 Å². The van der Waals surface area contributed by atoms with Crippen molar-refractivity contribution in [2.24, 2.45) is 5.92 Å². The van der Waals surface area contributed by atoms with E-state index in [1.54, 1.807) is 4.90 Å². The van der Waals surface area contributed by atoms with Gasteiger partial charge in [0.2, 0.25) is 5.91 Å².